The van der Waals surface area contributed by atoms with E-state index in [9.17, 15) is 18.3 Å². The molecule has 0 amide bonds. The van der Waals surface area contributed by atoms with Crippen LogP contribution < -0.4 is 10.1 Å². The van der Waals surface area contributed by atoms with Gasteiger partial charge in [-0.3, -0.25) is 4.79 Å². The molecule has 7 nitrogen and oxygen atoms in total. The normalized spacial score (nSPS) is 11.9. The number of benzene rings is 3. The topological polar surface area (TPSA) is 102 Å². The maximum absolute atomic E-state index is 13.1. The summed E-state index contributed by atoms with van der Waals surface area (Å²) >= 11 is 5.97. The van der Waals surface area contributed by atoms with Gasteiger partial charge in [0.05, 0.1) is 35.5 Å². The van der Waals surface area contributed by atoms with Gasteiger partial charge in [-0.2, -0.15) is 0 Å². The van der Waals surface area contributed by atoms with E-state index in [-0.39, 0.29) is 41.2 Å². The third kappa shape index (κ3) is 9.32. The summed E-state index contributed by atoms with van der Waals surface area (Å²) in [7, 11) is -3.73. The summed E-state index contributed by atoms with van der Waals surface area (Å²) < 4.78 is 36.5. The van der Waals surface area contributed by atoms with Crippen molar-refractivity contribution in [1.82, 2.24) is 5.32 Å². The van der Waals surface area contributed by atoms with Gasteiger partial charge in [-0.25, -0.2) is 8.42 Å². The lowest BCUT2D eigenvalue weighted by atomic mass is 10.1. The fourth-order valence-corrected chi connectivity index (χ4v) is 4.99. The second-order valence-electron chi connectivity index (χ2n) is 8.05. The van der Waals surface area contributed by atoms with Crippen molar-refractivity contribution >= 4 is 39.8 Å². The van der Waals surface area contributed by atoms with E-state index >= 15 is 0 Å². The zero-order valence-electron chi connectivity index (χ0n) is 20.4. The third-order valence-corrected chi connectivity index (χ3v) is 7.39. The Morgan fingerprint density at radius 2 is 1.76 bits per heavy atom. The molecule has 0 saturated carbocycles. The number of hydrogen-bond donors (Lipinski definition) is 2. The number of carbonyl (C=O) groups is 1. The van der Waals surface area contributed by atoms with Crippen LogP contribution in [0, 0.1) is 0 Å². The first-order chi connectivity index (χ1) is 17.3. The smallest absolute Gasteiger partial charge is 0.309 e. The van der Waals surface area contributed by atoms with Gasteiger partial charge in [-0.05, 0) is 73.5 Å². The molecule has 0 aliphatic carbocycles. The average molecular weight is 569 g/mol. The van der Waals surface area contributed by atoms with Gasteiger partial charge >= 0.3 is 5.97 Å². The largest absolute Gasteiger partial charge is 0.493 e. The highest BCUT2D eigenvalue weighted by molar-refractivity contribution is 7.91. The molecule has 0 heterocycles. The van der Waals surface area contributed by atoms with Crippen LogP contribution in [-0.2, 0) is 25.8 Å². The Morgan fingerprint density at radius 1 is 1.03 bits per heavy atom. The van der Waals surface area contributed by atoms with E-state index in [1.165, 1.54) is 12.1 Å². The molecule has 0 aliphatic rings. The fourth-order valence-electron chi connectivity index (χ4n) is 3.49. The van der Waals surface area contributed by atoms with Gasteiger partial charge < -0.3 is 19.9 Å². The van der Waals surface area contributed by atoms with Crippen molar-refractivity contribution in [3.63, 3.8) is 0 Å². The zero-order valence-corrected chi connectivity index (χ0v) is 22.8. The first-order valence-corrected chi connectivity index (χ1v) is 13.5. The molecule has 3 aromatic rings. The van der Waals surface area contributed by atoms with Crippen molar-refractivity contribution in [1.29, 1.82) is 0 Å². The molecule has 0 fully saturated rings. The second kappa shape index (κ2) is 15.0. The van der Waals surface area contributed by atoms with E-state index in [0.717, 1.165) is 11.1 Å². The van der Waals surface area contributed by atoms with Crippen molar-refractivity contribution in [2.45, 2.75) is 35.7 Å². The standard InChI is InChI=1S/C27H30ClNO6S.ClH/c1-2-34-27(31)14-16-35-23-7-4-8-25(18-23)36(32,33)24-11-9-20(10-12-24)13-15-29-19-26(30)21-5-3-6-22(28)17-21;/h3-12,17-18,26,29-30H,2,13-16,19H2,1H3;1H/t26-;/m1./s1. The Kier molecular flexibility index (Phi) is 12.4. The van der Waals surface area contributed by atoms with Crippen LogP contribution in [0.4, 0.5) is 0 Å². The van der Waals surface area contributed by atoms with E-state index in [1.54, 1.807) is 61.5 Å². The van der Waals surface area contributed by atoms with E-state index in [2.05, 4.69) is 5.32 Å². The molecule has 0 saturated heterocycles. The molecule has 10 heteroatoms. The number of aliphatic hydroxyl groups is 1. The van der Waals surface area contributed by atoms with Crippen LogP contribution in [0.2, 0.25) is 5.02 Å². The molecular formula is C27H31Cl2NO6S. The monoisotopic (exact) mass is 567 g/mol. The van der Waals surface area contributed by atoms with Gasteiger partial charge in [0.15, 0.2) is 0 Å². The Bertz CT molecular complexity index is 1250. The fraction of sp³-hybridized carbons (Fsp3) is 0.296. The molecule has 0 spiro atoms. The number of nitrogens with one attached hydrogen (secondary N) is 1. The van der Waals surface area contributed by atoms with Crippen LogP contribution in [-0.4, -0.2) is 45.8 Å². The minimum atomic E-state index is -3.73. The SMILES string of the molecule is CCOC(=O)CCOc1cccc(S(=O)(=O)c2ccc(CCNC[C@@H](O)c3cccc(Cl)c3)cc2)c1.Cl. The van der Waals surface area contributed by atoms with Gasteiger partial charge in [-0.1, -0.05) is 41.9 Å². The summed E-state index contributed by atoms with van der Waals surface area (Å²) in [5.41, 5.74) is 1.72. The Balaban J connectivity index is 0.00000481. The number of sulfone groups is 1. The summed E-state index contributed by atoms with van der Waals surface area (Å²) in [6.07, 6.45) is 0.0914. The maximum atomic E-state index is 13.1. The van der Waals surface area contributed by atoms with Gasteiger partial charge in [-0.15, -0.1) is 12.4 Å². The molecule has 200 valence electrons. The number of carbonyl (C=O) groups excluding carboxylic acids is 1. The van der Waals surface area contributed by atoms with Crippen molar-refractivity contribution in [2.24, 2.45) is 0 Å². The maximum Gasteiger partial charge on any atom is 0.309 e. The lowest BCUT2D eigenvalue weighted by Crippen LogP contribution is -2.23. The first kappa shape index (κ1) is 30.6. The molecule has 1 atom stereocenters. The highest BCUT2D eigenvalue weighted by Crippen LogP contribution is 2.25. The number of aliphatic hydroxyl groups excluding tert-OH is 1. The molecule has 3 rings (SSSR count). The summed E-state index contributed by atoms with van der Waals surface area (Å²) in [4.78, 5) is 11.7. The second-order valence-corrected chi connectivity index (χ2v) is 10.4. The minimum absolute atomic E-state index is 0. The van der Waals surface area contributed by atoms with Crippen LogP contribution in [0.25, 0.3) is 0 Å². The lowest BCUT2D eigenvalue weighted by Gasteiger charge is -2.13. The number of ether oxygens (including phenoxy) is 2. The molecule has 0 aliphatic heterocycles. The van der Waals surface area contributed by atoms with Crippen molar-refractivity contribution in [3.8, 4) is 5.75 Å². The van der Waals surface area contributed by atoms with Crippen LogP contribution in [0.15, 0.2) is 82.6 Å². The number of rotatable bonds is 13. The Hall–Kier alpha value is -2.62. The van der Waals surface area contributed by atoms with Gasteiger partial charge in [0.2, 0.25) is 9.84 Å². The predicted molar refractivity (Wildman–Crippen MR) is 145 cm³/mol. The summed E-state index contributed by atoms with van der Waals surface area (Å²) in [6, 6.07) is 20.0. The van der Waals surface area contributed by atoms with E-state index < -0.39 is 15.9 Å². The quantitative estimate of drug-likeness (QED) is 0.226. The van der Waals surface area contributed by atoms with Crippen LogP contribution in [0.1, 0.15) is 30.6 Å². The Morgan fingerprint density at radius 3 is 2.46 bits per heavy atom. The highest BCUT2D eigenvalue weighted by atomic mass is 35.5. The van der Waals surface area contributed by atoms with Crippen LogP contribution >= 0.6 is 24.0 Å². The Labute approximate surface area is 229 Å². The molecule has 0 bridgehead atoms. The number of halogens is 2. The molecule has 2 N–H and O–H groups in total. The zero-order chi connectivity index (χ0) is 26.0. The minimum Gasteiger partial charge on any atom is -0.493 e. The molecule has 0 radical (unpaired) electrons. The average Bonchev–Trinajstić information content (AvgIpc) is 2.87. The lowest BCUT2D eigenvalue weighted by molar-refractivity contribution is -0.143. The third-order valence-electron chi connectivity index (χ3n) is 5.39. The van der Waals surface area contributed by atoms with Gasteiger partial charge in [0.25, 0.3) is 0 Å². The van der Waals surface area contributed by atoms with E-state index in [1.807, 2.05) is 6.07 Å². The summed E-state index contributed by atoms with van der Waals surface area (Å²) in [5.74, 6) is -0.00289. The number of esters is 1. The van der Waals surface area contributed by atoms with Crippen molar-refractivity contribution < 1.29 is 27.8 Å². The summed E-state index contributed by atoms with van der Waals surface area (Å²) in [5, 5.41) is 14.1. The van der Waals surface area contributed by atoms with E-state index in [4.69, 9.17) is 21.1 Å². The molecule has 0 unspecified atom stereocenters. The van der Waals surface area contributed by atoms with E-state index in [0.29, 0.717) is 36.9 Å². The predicted octanol–water partition coefficient (Wildman–Crippen LogP) is 4.79. The van der Waals surface area contributed by atoms with Crippen LogP contribution in [0.5, 0.6) is 5.75 Å². The summed E-state index contributed by atoms with van der Waals surface area (Å²) in [6.45, 7) is 3.13. The molecular weight excluding hydrogens is 537 g/mol. The van der Waals surface area contributed by atoms with Gasteiger partial charge in [0.1, 0.15) is 5.75 Å². The molecule has 0 aromatic heterocycles. The highest BCUT2D eigenvalue weighted by Gasteiger charge is 2.18. The molecule has 37 heavy (non-hydrogen) atoms. The van der Waals surface area contributed by atoms with Crippen molar-refractivity contribution in [2.75, 3.05) is 26.3 Å². The van der Waals surface area contributed by atoms with Gasteiger partial charge in [0, 0.05) is 11.6 Å². The first-order valence-electron chi connectivity index (χ1n) is 11.7. The van der Waals surface area contributed by atoms with Crippen LogP contribution in [0.3, 0.4) is 0 Å². The van der Waals surface area contributed by atoms with Crippen molar-refractivity contribution in [3.05, 3.63) is 88.9 Å². The number of hydrogen-bond acceptors (Lipinski definition) is 7. The molecule has 3 aromatic carbocycles.